The van der Waals surface area contributed by atoms with Gasteiger partial charge in [0.05, 0.1) is 22.9 Å². The Morgan fingerprint density at radius 2 is 1.61 bits per heavy atom. The monoisotopic (exact) mass is 440 g/mol. The van der Waals surface area contributed by atoms with Crippen LogP contribution < -0.4 is 9.62 Å². The lowest BCUT2D eigenvalue weighted by molar-refractivity contribution is -0.121. The van der Waals surface area contributed by atoms with Gasteiger partial charge in [0.25, 0.3) is 0 Å². The third-order valence-corrected chi connectivity index (χ3v) is 6.46. The van der Waals surface area contributed by atoms with Crippen molar-refractivity contribution >= 4 is 27.5 Å². The first-order valence-electron chi connectivity index (χ1n) is 9.62. The van der Waals surface area contributed by atoms with Crippen LogP contribution in [0.1, 0.15) is 24.5 Å². The Balaban J connectivity index is 1.40. The average molecular weight is 440 g/mol. The molecular weight excluding hydrogens is 420 g/mol. The molecule has 1 unspecified atom stereocenters. The van der Waals surface area contributed by atoms with Crippen LogP contribution in [0.5, 0.6) is 0 Å². The van der Waals surface area contributed by atoms with Crippen LogP contribution in [0, 0.1) is 0 Å². The fourth-order valence-electron chi connectivity index (χ4n) is 3.34. The molecule has 1 aliphatic heterocycles. The second-order valence-corrected chi connectivity index (χ2v) is 8.85. The number of rotatable bonds is 7. The van der Waals surface area contributed by atoms with Gasteiger partial charge >= 0.3 is 0 Å². The molecule has 0 spiro atoms. The molecule has 0 saturated carbocycles. The van der Waals surface area contributed by atoms with Gasteiger partial charge in [-0.25, -0.2) is 13.1 Å². The number of amides is 2. The first-order valence-corrected chi connectivity index (χ1v) is 11.1. The SMILES string of the molecule is O=C1CCC(=O)N1c1ccc(S(=O)(=O)NCC(O)c2ccc(-c3ccco3)cc2)cc1. The van der Waals surface area contributed by atoms with Crippen LogP contribution >= 0.6 is 0 Å². The summed E-state index contributed by atoms with van der Waals surface area (Å²) in [4.78, 5) is 24.6. The average Bonchev–Trinajstić information content (AvgIpc) is 3.42. The van der Waals surface area contributed by atoms with Crippen LogP contribution in [-0.4, -0.2) is 31.9 Å². The Hall–Kier alpha value is -3.27. The van der Waals surface area contributed by atoms with Crippen molar-refractivity contribution in [3.05, 3.63) is 72.5 Å². The van der Waals surface area contributed by atoms with Gasteiger partial charge in [-0.05, 0) is 42.0 Å². The van der Waals surface area contributed by atoms with Crippen molar-refractivity contribution in [2.75, 3.05) is 11.4 Å². The van der Waals surface area contributed by atoms with E-state index in [9.17, 15) is 23.1 Å². The van der Waals surface area contributed by atoms with Crippen LogP contribution in [0.4, 0.5) is 5.69 Å². The standard InChI is InChI=1S/C22H20N2O6S/c25-19(15-3-5-16(6-4-15)20-2-1-13-30-20)14-23-31(28,29)18-9-7-17(8-10-18)24-21(26)11-12-22(24)27/h1-10,13,19,23,25H,11-12,14H2. The number of hydrogen-bond acceptors (Lipinski definition) is 6. The number of carbonyl (C=O) groups excluding carboxylic acids is 2. The number of nitrogens with zero attached hydrogens (tertiary/aromatic N) is 1. The van der Waals surface area contributed by atoms with E-state index in [1.54, 1.807) is 36.6 Å². The van der Waals surface area contributed by atoms with E-state index in [2.05, 4.69) is 4.72 Å². The van der Waals surface area contributed by atoms with Gasteiger partial charge in [-0.2, -0.15) is 0 Å². The molecule has 1 aliphatic rings. The Bertz CT molecular complexity index is 1170. The van der Waals surface area contributed by atoms with Gasteiger partial charge < -0.3 is 9.52 Å². The zero-order chi connectivity index (χ0) is 22.0. The fraction of sp³-hybridized carbons (Fsp3) is 0.182. The molecule has 4 rings (SSSR count). The maximum atomic E-state index is 12.6. The number of nitrogens with one attached hydrogen (secondary N) is 1. The van der Waals surface area contributed by atoms with E-state index in [1.807, 2.05) is 6.07 Å². The number of furan rings is 1. The van der Waals surface area contributed by atoms with Gasteiger partial charge in [0.15, 0.2) is 0 Å². The minimum absolute atomic E-state index is 0.0317. The van der Waals surface area contributed by atoms with E-state index >= 15 is 0 Å². The summed E-state index contributed by atoms with van der Waals surface area (Å²) in [6.45, 7) is -0.215. The number of imide groups is 1. The van der Waals surface area contributed by atoms with Gasteiger partial charge in [0.2, 0.25) is 21.8 Å². The number of hydrogen-bond donors (Lipinski definition) is 2. The van der Waals surface area contributed by atoms with Gasteiger partial charge in [-0.3, -0.25) is 14.5 Å². The second kappa shape index (κ2) is 8.46. The van der Waals surface area contributed by atoms with Gasteiger partial charge in [-0.1, -0.05) is 24.3 Å². The molecule has 31 heavy (non-hydrogen) atoms. The lowest BCUT2D eigenvalue weighted by Crippen LogP contribution is -2.29. The molecule has 0 bridgehead atoms. The molecule has 1 saturated heterocycles. The lowest BCUT2D eigenvalue weighted by atomic mass is 10.1. The van der Waals surface area contributed by atoms with Crippen LogP contribution in [0.15, 0.2) is 76.2 Å². The lowest BCUT2D eigenvalue weighted by Gasteiger charge is -2.15. The van der Waals surface area contributed by atoms with Crippen molar-refractivity contribution in [2.24, 2.45) is 0 Å². The molecule has 1 aromatic heterocycles. The number of sulfonamides is 1. The Kier molecular flexibility index (Phi) is 5.73. The van der Waals surface area contributed by atoms with Crippen LogP contribution in [-0.2, 0) is 19.6 Å². The molecular formula is C22H20N2O6S. The van der Waals surface area contributed by atoms with Crippen molar-refractivity contribution in [3.8, 4) is 11.3 Å². The summed E-state index contributed by atoms with van der Waals surface area (Å²) in [5.74, 6) is 0.0855. The highest BCUT2D eigenvalue weighted by Crippen LogP contribution is 2.25. The largest absolute Gasteiger partial charge is 0.464 e. The summed E-state index contributed by atoms with van der Waals surface area (Å²) in [6, 6.07) is 16.0. The number of aliphatic hydroxyl groups excluding tert-OH is 1. The Labute approximate surface area is 179 Å². The summed E-state index contributed by atoms with van der Waals surface area (Å²) in [7, 11) is -3.89. The normalized spacial score (nSPS) is 15.5. The number of carbonyl (C=O) groups is 2. The highest BCUT2D eigenvalue weighted by Gasteiger charge is 2.30. The zero-order valence-corrected chi connectivity index (χ0v) is 17.2. The van der Waals surface area contributed by atoms with Gasteiger partial charge in [0, 0.05) is 24.9 Å². The molecule has 3 aromatic rings. The molecule has 8 nitrogen and oxygen atoms in total. The van der Waals surface area contributed by atoms with Crippen molar-refractivity contribution in [3.63, 3.8) is 0 Å². The number of aliphatic hydroxyl groups is 1. The van der Waals surface area contributed by atoms with E-state index in [-0.39, 0.29) is 36.1 Å². The summed E-state index contributed by atoms with van der Waals surface area (Å²) >= 11 is 0. The first-order chi connectivity index (χ1) is 14.8. The van der Waals surface area contributed by atoms with E-state index < -0.39 is 16.1 Å². The topological polar surface area (TPSA) is 117 Å². The molecule has 1 fully saturated rings. The van der Waals surface area contributed by atoms with Crippen LogP contribution in [0.25, 0.3) is 11.3 Å². The highest BCUT2D eigenvalue weighted by molar-refractivity contribution is 7.89. The molecule has 160 valence electrons. The number of benzene rings is 2. The van der Waals surface area contributed by atoms with Gasteiger partial charge in [0.1, 0.15) is 5.76 Å². The smallest absolute Gasteiger partial charge is 0.240 e. The quantitative estimate of drug-likeness (QED) is 0.546. The predicted molar refractivity (Wildman–Crippen MR) is 112 cm³/mol. The summed E-state index contributed by atoms with van der Waals surface area (Å²) in [5.41, 5.74) is 1.74. The summed E-state index contributed by atoms with van der Waals surface area (Å²) < 4.78 is 32.8. The maximum absolute atomic E-state index is 12.6. The molecule has 2 amide bonds. The third kappa shape index (κ3) is 4.43. The minimum Gasteiger partial charge on any atom is -0.464 e. The summed E-state index contributed by atoms with van der Waals surface area (Å²) in [6.07, 6.45) is 0.835. The minimum atomic E-state index is -3.89. The van der Waals surface area contributed by atoms with E-state index in [1.165, 1.54) is 24.3 Å². The van der Waals surface area contributed by atoms with Gasteiger partial charge in [-0.15, -0.1) is 0 Å². The van der Waals surface area contributed by atoms with Crippen LogP contribution in [0.3, 0.4) is 0 Å². The fourth-order valence-corrected chi connectivity index (χ4v) is 4.38. The summed E-state index contributed by atoms with van der Waals surface area (Å²) in [5, 5.41) is 10.4. The van der Waals surface area contributed by atoms with Crippen molar-refractivity contribution in [1.29, 1.82) is 0 Å². The maximum Gasteiger partial charge on any atom is 0.240 e. The van der Waals surface area contributed by atoms with E-state index in [4.69, 9.17) is 4.42 Å². The van der Waals surface area contributed by atoms with Crippen molar-refractivity contribution in [1.82, 2.24) is 4.72 Å². The Morgan fingerprint density at radius 3 is 2.19 bits per heavy atom. The molecule has 0 radical (unpaired) electrons. The van der Waals surface area contributed by atoms with E-state index in [0.717, 1.165) is 10.5 Å². The van der Waals surface area contributed by atoms with Crippen LogP contribution in [0.2, 0.25) is 0 Å². The first kappa shape index (κ1) is 21.0. The molecule has 9 heteroatoms. The highest BCUT2D eigenvalue weighted by atomic mass is 32.2. The molecule has 2 N–H and O–H groups in total. The number of anilines is 1. The van der Waals surface area contributed by atoms with Crippen molar-refractivity contribution in [2.45, 2.75) is 23.8 Å². The predicted octanol–water partition coefficient (Wildman–Crippen LogP) is 2.61. The molecule has 2 heterocycles. The zero-order valence-electron chi connectivity index (χ0n) is 16.4. The molecule has 2 aromatic carbocycles. The Morgan fingerprint density at radius 1 is 0.968 bits per heavy atom. The van der Waals surface area contributed by atoms with E-state index in [0.29, 0.717) is 17.0 Å². The second-order valence-electron chi connectivity index (χ2n) is 7.08. The third-order valence-electron chi connectivity index (χ3n) is 5.02. The van der Waals surface area contributed by atoms with Crippen molar-refractivity contribution < 1.29 is 27.5 Å². The molecule has 1 atom stereocenters. The molecule has 0 aliphatic carbocycles.